The fourth-order valence-electron chi connectivity index (χ4n) is 2.78. The molecule has 1 fully saturated rings. The van der Waals surface area contributed by atoms with E-state index in [9.17, 15) is 9.59 Å². The van der Waals surface area contributed by atoms with Crippen molar-refractivity contribution in [2.45, 2.75) is 12.8 Å². The molecule has 1 aliphatic heterocycles. The van der Waals surface area contributed by atoms with Crippen molar-refractivity contribution in [1.82, 2.24) is 4.90 Å². The molecule has 160 valence electrons. The highest BCUT2D eigenvalue weighted by Gasteiger charge is 2.31. The molecule has 0 aromatic heterocycles. The summed E-state index contributed by atoms with van der Waals surface area (Å²) in [5.41, 5.74) is 1.73. The molecule has 0 aliphatic carbocycles. The van der Waals surface area contributed by atoms with E-state index >= 15 is 0 Å². The monoisotopic (exact) mass is 642 g/mol. The van der Waals surface area contributed by atoms with Gasteiger partial charge in [0.05, 0.1) is 10.6 Å². The van der Waals surface area contributed by atoms with Crippen LogP contribution in [0.3, 0.4) is 0 Å². The number of rotatable bonds is 7. The van der Waals surface area contributed by atoms with Gasteiger partial charge in [0.2, 0.25) is 5.91 Å². The summed E-state index contributed by atoms with van der Waals surface area (Å²) >= 11 is 16.9. The van der Waals surface area contributed by atoms with E-state index in [2.05, 4.69) is 53.1 Å². The second-order valence-corrected chi connectivity index (χ2v) is 10.8. The van der Waals surface area contributed by atoms with Crippen LogP contribution in [-0.4, -0.2) is 27.6 Å². The summed E-state index contributed by atoms with van der Waals surface area (Å²) in [4.78, 5) is 27.1. The molecule has 0 spiro atoms. The summed E-state index contributed by atoms with van der Waals surface area (Å²) in [6, 6.07) is 13.6. The quantitative estimate of drug-likeness (QED) is 0.257. The third kappa shape index (κ3) is 6.86. The van der Waals surface area contributed by atoms with Crippen LogP contribution in [0.2, 0.25) is 0 Å². The van der Waals surface area contributed by atoms with Crippen LogP contribution in [-0.2, 0) is 9.59 Å². The normalized spacial score (nSPS) is 15.3. The lowest BCUT2D eigenvalue weighted by atomic mass is 10.2. The van der Waals surface area contributed by atoms with Crippen LogP contribution < -0.4 is 5.32 Å². The van der Waals surface area contributed by atoms with Gasteiger partial charge < -0.3 is 5.32 Å². The van der Waals surface area contributed by atoms with Crippen molar-refractivity contribution in [1.29, 1.82) is 0 Å². The lowest BCUT2D eigenvalue weighted by Crippen LogP contribution is -2.29. The maximum atomic E-state index is 12.6. The Bertz CT molecular complexity index is 1050. The van der Waals surface area contributed by atoms with Gasteiger partial charge in [-0.3, -0.25) is 14.5 Å². The second kappa shape index (κ2) is 11.6. The number of halogens is 3. The highest BCUT2D eigenvalue weighted by atomic mass is 79.9. The number of allylic oxidation sites excluding steroid dienone is 2. The molecule has 31 heavy (non-hydrogen) atoms. The predicted molar refractivity (Wildman–Crippen MR) is 143 cm³/mol. The molecule has 2 aromatic carbocycles. The van der Waals surface area contributed by atoms with E-state index in [-0.39, 0.29) is 18.2 Å². The van der Waals surface area contributed by atoms with Gasteiger partial charge >= 0.3 is 0 Å². The standard InChI is InChI=1S/C22H17Br3N2O2S2/c23-15-12-16(24)20(17(25)13-15)26-19(28)10-5-11-27-21(29)18(31-22(27)30)9-4-8-14-6-2-1-3-7-14/h1-4,6-9,12-13H,5,10-11H2,(H,26,28)/b8-4+,18-9-. The topological polar surface area (TPSA) is 49.4 Å². The molecule has 2 amide bonds. The average Bonchev–Trinajstić information content (AvgIpc) is 2.99. The zero-order valence-corrected chi connectivity index (χ0v) is 22.5. The number of thioether (sulfide) groups is 1. The molecule has 0 radical (unpaired) electrons. The molecular weight excluding hydrogens is 628 g/mol. The van der Waals surface area contributed by atoms with Gasteiger partial charge in [-0.15, -0.1) is 0 Å². The number of carbonyl (C=O) groups excluding carboxylic acids is 2. The van der Waals surface area contributed by atoms with E-state index in [0.717, 1.165) is 19.0 Å². The first-order valence-electron chi connectivity index (χ1n) is 9.26. The summed E-state index contributed by atoms with van der Waals surface area (Å²) in [6.07, 6.45) is 6.36. The molecule has 0 unspecified atom stereocenters. The maximum absolute atomic E-state index is 12.6. The molecule has 1 aliphatic rings. The van der Waals surface area contributed by atoms with Gasteiger partial charge in [0, 0.05) is 26.4 Å². The number of anilines is 1. The van der Waals surface area contributed by atoms with Crippen LogP contribution in [0, 0.1) is 0 Å². The summed E-state index contributed by atoms with van der Waals surface area (Å²) in [6.45, 7) is 0.403. The Morgan fingerprint density at radius 1 is 1.13 bits per heavy atom. The lowest BCUT2D eigenvalue weighted by molar-refractivity contribution is -0.122. The number of benzene rings is 2. The molecule has 1 saturated heterocycles. The van der Waals surface area contributed by atoms with Crippen LogP contribution in [0.1, 0.15) is 18.4 Å². The van der Waals surface area contributed by atoms with Crippen molar-refractivity contribution in [3.8, 4) is 0 Å². The second-order valence-electron chi connectivity index (χ2n) is 6.52. The number of thiocarbonyl (C=S) groups is 1. The molecule has 0 bridgehead atoms. The highest BCUT2D eigenvalue weighted by Crippen LogP contribution is 2.35. The largest absolute Gasteiger partial charge is 0.324 e. The van der Waals surface area contributed by atoms with Gasteiger partial charge in [0.15, 0.2) is 0 Å². The maximum Gasteiger partial charge on any atom is 0.266 e. The van der Waals surface area contributed by atoms with Crippen LogP contribution >= 0.6 is 71.8 Å². The van der Waals surface area contributed by atoms with E-state index in [1.807, 2.05) is 54.6 Å². The van der Waals surface area contributed by atoms with E-state index in [1.165, 1.54) is 11.8 Å². The molecular formula is C22H17Br3N2O2S2. The van der Waals surface area contributed by atoms with Crippen LogP contribution in [0.5, 0.6) is 0 Å². The summed E-state index contributed by atoms with van der Waals surface area (Å²) in [5.74, 6) is -0.248. The molecule has 1 heterocycles. The van der Waals surface area contributed by atoms with Crippen LogP contribution in [0.25, 0.3) is 6.08 Å². The average molecular weight is 645 g/mol. The number of amides is 2. The van der Waals surface area contributed by atoms with Gasteiger partial charge in [0.25, 0.3) is 5.91 Å². The smallest absolute Gasteiger partial charge is 0.266 e. The first-order chi connectivity index (χ1) is 14.8. The van der Waals surface area contributed by atoms with Crippen molar-refractivity contribution in [2.24, 2.45) is 0 Å². The van der Waals surface area contributed by atoms with Gasteiger partial charge in [-0.1, -0.05) is 82.4 Å². The minimum Gasteiger partial charge on any atom is -0.324 e. The Kier molecular flexibility index (Phi) is 9.09. The van der Waals surface area contributed by atoms with Gasteiger partial charge in [-0.25, -0.2) is 0 Å². The summed E-state index contributed by atoms with van der Waals surface area (Å²) < 4.78 is 2.95. The Hall–Kier alpha value is -1.26. The van der Waals surface area contributed by atoms with E-state index in [1.54, 1.807) is 11.0 Å². The summed E-state index contributed by atoms with van der Waals surface area (Å²) in [5, 5.41) is 2.89. The molecule has 4 nitrogen and oxygen atoms in total. The van der Waals surface area contributed by atoms with Crippen molar-refractivity contribution < 1.29 is 9.59 Å². The zero-order chi connectivity index (χ0) is 22.4. The lowest BCUT2D eigenvalue weighted by Gasteiger charge is -2.14. The number of carbonyl (C=O) groups is 2. The van der Waals surface area contributed by atoms with Gasteiger partial charge in [-0.05, 0) is 62.1 Å². The fourth-order valence-corrected chi connectivity index (χ4v) is 6.50. The minimum atomic E-state index is -0.129. The number of nitrogens with zero attached hydrogens (tertiary/aromatic N) is 1. The third-order valence-electron chi connectivity index (χ3n) is 4.27. The molecule has 0 atom stereocenters. The number of hydrogen-bond acceptors (Lipinski definition) is 4. The molecule has 2 aromatic rings. The highest BCUT2D eigenvalue weighted by molar-refractivity contribution is 9.11. The molecule has 0 saturated carbocycles. The third-order valence-corrected chi connectivity index (χ3v) is 7.37. The fraction of sp³-hybridized carbons (Fsp3) is 0.136. The Balaban J connectivity index is 1.52. The van der Waals surface area contributed by atoms with Crippen LogP contribution in [0.4, 0.5) is 5.69 Å². The van der Waals surface area contributed by atoms with E-state index in [4.69, 9.17) is 12.2 Å². The first kappa shape index (κ1) is 24.4. The number of hydrogen-bond donors (Lipinski definition) is 1. The van der Waals surface area contributed by atoms with Crippen molar-refractivity contribution in [2.75, 3.05) is 11.9 Å². The Morgan fingerprint density at radius 3 is 2.48 bits per heavy atom. The van der Waals surface area contributed by atoms with Gasteiger partial charge in [0.1, 0.15) is 4.32 Å². The Morgan fingerprint density at radius 2 is 1.81 bits per heavy atom. The van der Waals surface area contributed by atoms with E-state index in [0.29, 0.717) is 27.9 Å². The zero-order valence-electron chi connectivity index (χ0n) is 16.1. The minimum absolute atomic E-state index is 0.119. The SMILES string of the molecule is O=C(CCCN1C(=O)/C(=C/C=C/c2ccccc2)SC1=S)Nc1c(Br)cc(Br)cc1Br. The van der Waals surface area contributed by atoms with Crippen molar-refractivity contribution in [3.05, 3.63) is 78.5 Å². The van der Waals surface area contributed by atoms with Crippen molar-refractivity contribution >= 4 is 99.7 Å². The predicted octanol–water partition coefficient (Wildman–Crippen LogP) is 7.15. The van der Waals surface area contributed by atoms with Crippen LogP contribution in [0.15, 0.2) is 72.9 Å². The first-order valence-corrected chi connectivity index (χ1v) is 12.9. The number of nitrogens with one attached hydrogen (secondary N) is 1. The molecule has 9 heteroatoms. The molecule has 1 N–H and O–H groups in total. The van der Waals surface area contributed by atoms with Gasteiger partial charge in [-0.2, -0.15) is 0 Å². The summed E-state index contributed by atoms with van der Waals surface area (Å²) in [7, 11) is 0. The van der Waals surface area contributed by atoms with E-state index < -0.39 is 0 Å². The Labute approximate surface area is 215 Å². The van der Waals surface area contributed by atoms with Crippen molar-refractivity contribution in [3.63, 3.8) is 0 Å². The molecule has 3 rings (SSSR count).